The third-order valence-corrected chi connectivity index (χ3v) is 3.10. The fraction of sp³-hybridized carbons (Fsp3) is 0.118. The number of carbonyl (C=O) groups excluding carboxylic acids is 1. The van der Waals surface area contributed by atoms with Gasteiger partial charge < -0.3 is 4.74 Å². The minimum absolute atomic E-state index is 0.0848. The molecule has 0 fully saturated rings. The van der Waals surface area contributed by atoms with Gasteiger partial charge in [0.1, 0.15) is 11.6 Å². The number of benzene rings is 2. The molecule has 0 aliphatic rings. The summed E-state index contributed by atoms with van der Waals surface area (Å²) in [6.45, 7) is 3.02. The van der Waals surface area contributed by atoms with E-state index in [0.29, 0.717) is 6.08 Å². The van der Waals surface area contributed by atoms with Crippen molar-refractivity contribution < 1.29 is 27.1 Å². The molecule has 0 aliphatic carbocycles. The second kappa shape index (κ2) is 6.64. The highest BCUT2D eigenvalue weighted by atomic mass is 19.3. The lowest BCUT2D eigenvalue weighted by atomic mass is 10.0. The van der Waals surface area contributed by atoms with Gasteiger partial charge in [-0.2, -0.15) is 8.78 Å². The third kappa shape index (κ3) is 3.97. The van der Waals surface area contributed by atoms with Gasteiger partial charge in [-0.3, -0.25) is 0 Å². The maximum atomic E-state index is 14.0. The predicted molar refractivity (Wildman–Crippen MR) is 76.1 cm³/mol. The van der Waals surface area contributed by atoms with Crippen molar-refractivity contribution in [3.05, 3.63) is 83.9 Å². The van der Waals surface area contributed by atoms with Crippen LogP contribution in [-0.2, 0) is 4.74 Å². The Bertz CT molecular complexity index is 694. The van der Waals surface area contributed by atoms with Crippen LogP contribution in [0.5, 0.6) is 0 Å². The van der Waals surface area contributed by atoms with Gasteiger partial charge in [0.25, 0.3) is 0 Å². The number of hydrogen-bond donors (Lipinski definition) is 0. The Morgan fingerprint density at radius 2 is 1.48 bits per heavy atom. The first-order valence-electron chi connectivity index (χ1n) is 6.57. The van der Waals surface area contributed by atoms with E-state index in [1.807, 2.05) is 0 Å². The molecule has 0 amide bonds. The topological polar surface area (TPSA) is 26.3 Å². The van der Waals surface area contributed by atoms with Crippen LogP contribution in [0.4, 0.5) is 17.6 Å². The average Bonchev–Trinajstić information content (AvgIpc) is 2.54. The number of alkyl halides is 2. The van der Waals surface area contributed by atoms with Crippen LogP contribution < -0.4 is 0 Å². The lowest BCUT2D eigenvalue weighted by Crippen LogP contribution is -2.28. The highest BCUT2D eigenvalue weighted by Gasteiger charge is 2.41. The summed E-state index contributed by atoms with van der Waals surface area (Å²) in [4.78, 5) is 12.0. The first kappa shape index (κ1) is 16.7. The molecule has 23 heavy (non-hydrogen) atoms. The van der Waals surface area contributed by atoms with Gasteiger partial charge in [-0.1, -0.05) is 18.7 Å². The summed E-state index contributed by atoms with van der Waals surface area (Å²) < 4.78 is 58.6. The standard InChI is InChI=1S/C17H12F4O2/c1-2-17(20,21)15(11-3-7-13(18)8-4-11)23-16(22)12-5-9-14(19)10-6-12/h2-10,15H,1H2. The van der Waals surface area contributed by atoms with E-state index in [4.69, 9.17) is 4.74 Å². The number of esters is 1. The van der Waals surface area contributed by atoms with E-state index >= 15 is 0 Å². The van der Waals surface area contributed by atoms with Crippen molar-refractivity contribution in [2.45, 2.75) is 12.0 Å². The minimum atomic E-state index is -3.56. The molecule has 2 nitrogen and oxygen atoms in total. The van der Waals surface area contributed by atoms with Gasteiger partial charge in [-0.15, -0.1) is 0 Å². The van der Waals surface area contributed by atoms with Gasteiger partial charge in [0.05, 0.1) is 5.56 Å². The van der Waals surface area contributed by atoms with Crippen LogP contribution in [0, 0.1) is 11.6 Å². The van der Waals surface area contributed by atoms with Gasteiger partial charge >= 0.3 is 11.9 Å². The van der Waals surface area contributed by atoms with Crippen molar-refractivity contribution in [2.75, 3.05) is 0 Å². The van der Waals surface area contributed by atoms with Gasteiger partial charge in [0.15, 0.2) is 6.10 Å². The molecule has 0 saturated carbocycles. The number of carbonyl (C=O) groups is 1. The highest BCUT2D eigenvalue weighted by Crippen LogP contribution is 2.36. The van der Waals surface area contributed by atoms with Crippen LogP contribution in [0.15, 0.2) is 61.2 Å². The van der Waals surface area contributed by atoms with Crippen molar-refractivity contribution in [1.82, 2.24) is 0 Å². The monoisotopic (exact) mass is 324 g/mol. The van der Waals surface area contributed by atoms with E-state index < -0.39 is 29.6 Å². The SMILES string of the molecule is C=CC(F)(F)C(OC(=O)c1ccc(F)cc1)c1ccc(F)cc1. The van der Waals surface area contributed by atoms with Crippen LogP contribution >= 0.6 is 0 Å². The van der Waals surface area contributed by atoms with Crippen molar-refractivity contribution >= 4 is 5.97 Å². The Morgan fingerprint density at radius 1 is 1.00 bits per heavy atom. The van der Waals surface area contributed by atoms with Crippen LogP contribution in [0.2, 0.25) is 0 Å². The van der Waals surface area contributed by atoms with E-state index in [0.717, 1.165) is 48.5 Å². The molecule has 2 aromatic rings. The Kier molecular flexibility index (Phi) is 4.83. The molecule has 2 rings (SSSR count). The normalized spacial score (nSPS) is 12.5. The molecule has 0 aliphatic heterocycles. The summed E-state index contributed by atoms with van der Waals surface area (Å²) in [5.41, 5.74) is -0.176. The van der Waals surface area contributed by atoms with Crippen LogP contribution in [0.3, 0.4) is 0 Å². The summed E-state index contributed by atoms with van der Waals surface area (Å²) in [6.07, 6.45) is -1.63. The van der Waals surface area contributed by atoms with E-state index in [2.05, 4.69) is 6.58 Å². The van der Waals surface area contributed by atoms with Crippen molar-refractivity contribution in [3.63, 3.8) is 0 Å². The molecule has 1 atom stereocenters. The third-order valence-electron chi connectivity index (χ3n) is 3.10. The van der Waals surface area contributed by atoms with Crippen LogP contribution in [0.1, 0.15) is 22.0 Å². The molecule has 0 spiro atoms. The van der Waals surface area contributed by atoms with Crippen molar-refractivity contribution in [2.24, 2.45) is 0 Å². The lowest BCUT2D eigenvalue weighted by Gasteiger charge is -2.24. The molecular formula is C17H12F4O2. The smallest absolute Gasteiger partial charge is 0.338 e. The first-order chi connectivity index (χ1) is 10.8. The van der Waals surface area contributed by atoms with Gasteiger partial charge in [-0.05, 0) is 48.0 Å². The van der Waals surface area contributed by atoms with Gasteiger partial charge in [0, 0.05) is 0 Å². The molecule has 0 heterocycles. The Balaban J connectivity index is 2.31. The fourth-order valence-electron chi connectivity index (χ4n) is 1.87. The highest BCUT2D eigenvalue weighted by molar-refractivity contribution is 5.89. The van der Waals surface area contributed by atoms with Gasteiger partial charge in [-0.25, -0.2) is 13.6 Å². The Hall–Kier alpha value is -2.63. The summed E-state index contributed by atoms with van der Waals surface area (Å²) in [7, 11) is 0. The number of ether oxygens (including phenoxy) is 1. The van der Waals surface area contributed by atoms with Crippen molar-refractivity contribution in [3.8, 4) is 0 Å². The first-order valence-corrected chi connectivity index (χ1v) is 6.57. The zero-order valence-electron chi connectivity index (χ0n) is 11.8. The molecule has 0 aromatic heterocycles. The molecular weight excluding hydrogens is 312 g/mol. The van der Waals surface area contributed by atoms with E-state index in [1.54, 1.807) is 0 Å². The largest absolute Gasteiger partial charge is 0.447 e. The lowest BCUT2D eigenvalue weighted by molar-refractivity contribution is -0.0837. The quantitative estimate of drug-likeness (QED) is 0.453. The average molecular weight is 324 g/mol. The van der Waals surface area contributed by atoms with Crippen molar-refractivity contribution in [1.29, 1.82) is 0 Å². The number of rotatable bonds is 5. The molecule has 0 saturated heterocycles. The zero-order chi connectivity index (χ0) is 17.0. The second-order valence-electron chi connectivity index (χ2n) is 4.72. The summed E-state index contributed by atoms with van der Waals surface area (Å²) in [5, 5.41) is 0. The summed E-state index contributed by atoms with van der Waals surface area (Å²) in [5.74, 6) is -5.80. The maximum absolute atomic E-state index is 14.0. The summed E-state index contributed by atoms with van der Waals surface area (Å²) in [6, 6.07) is 8.40. The Labute approximate surface area is 130 Å². The maximum Gasteiger partial charge on any atom is 0.338 e. The number of hydrogen-bond acceptors (Lipinski definition) is 2. The van der Waals surface area contributed by atoms with Crippen LogP contribution in [-0.4, -0.2) is 11.9 Å². The predicted octanol–water partition coefficient (Wildman–Crippen LogP) is 4.68. The molecule has 0 radical (unpaired) electrons. The molecule has 0 N–H and O–H groups in total. The van der Waals surface area contributed by atoms with Crippen LogP contribution in [0.25, 0.3) is 0 Å². The fourth-order valence-corrected chi connectivity index (χ4v) is 1.87. The second-order valence-corrected chi connectivity index (χ2v) is 4.72. The molecule has 120 valence electrons. The molecule has 1 unspecified atom stereocenters. The summed E-state index contributed by atoms with van der Waals surface area (Å²) >= 11 is 0. The molecule has 0 bridgehead atoms. The van der Waals surface area contributed by atoms with E-state index in [-0.39, 0.29) is 11.1 Å². The minimum Gasteiger partial charge on any atom is -0.447 e. The number of halogens is 4. The van der Waals surface area contributed by atoms with E-state index in [1.165, 1.54) is 0 Å². The Morgan fingerprint density at radius 3 is 1.96 bits per heavy atom. The molecule has 6 heteroatoms. The zero-order valence-corrected chi connectivity index (χ0v) is 11.8. The van der Waals surface area contributed by atoms with Gasteiger partial charge in [0.2, 0.25) is 0 Å². The van der Waals surface area contributed by atoms with E-state index in [9.17, 15) is 22.4 Å². The molecule has 2 aromatic carbocycles.